The summed E-state index contributed by atoms with van der Waals surface area (Å²) in [6.45, 7) is 0. The number of nitrogens with one attached hydrogen (secondary N) is 1. The Balaban J connectivity index is 2.14. The van der Waals surface area contributed by atoms with Crippen LogP contribution in [0.15, 0.2) is 53.3 Å². The Morgan fingerprint density at radius 2 is 1.86 bits per heavy atom. The molecule has 3 aromatic rings. The van der Waals surface area contributed by atoms with Crippen LogP contribution in [0.2, 0.25) is 0 Å². The van der Waals surface area contributed by atoms with Crippen LogP contribution >= 0.6 is 0 Å². The van der Waals surface area contributed by atoms with Crippen LogP contribution in [0.3, 0.4) is 0 Å². The quantitative estimate of drug-likeness (QED) is 0.788. The van der Waals surface area contributed by atoms with Crippen LogP contribution in [0.1, 0.15) is 10.4 Å². The van der Waals surface area contributed by atoms with Crippen molar-refractivity contribution in [1.29, 1.82) is 0 Å². The molecule has 1 amide bonds. The van der Waals surface area contributed by atoms with E-state index >= 15 is 0 Å². The number of para-hydroxylation sites is 1. The zero-order valence-electron chi connectivity index (χ0n) is 12.3. The largest absolute Gasteiger partial charge is 0.345 e. The lowest BCUT2D eigenvalue weighted by Crippen LogP contribution is -2.21. The van der Waals surface area contributed by atoms with E-state index in [-0.39, 0.29) is 11.5 Å². The zero-order chi connectivity index (χ0) is 15.7. The minimum Gasteiger partial charge on any atom is -0.345 e. The van der Waals surface area contributed by atoms with Crippen LogP contribution in [-0.2, 0) is 0 Å². The van der Waals surface area contributed by atoms with Crippen molar-refractivity contribution in [3.63, 3.8) is 0 Å². The number of amides is 1. The summed E-state index contributed by atoms with van der Waals surface area (Å²) >= 11 is 0. The van der Waals surface area contributed by atoms with Gasteiger partial charge in [0.25, 0.3) is 11.5 Å². The molecule has 3 rings (SSSR count). The van der Waals surface area contributed by atoms with Crippen molar-refractivity contribution >= 4 is 16.8 Å². The van der Waals surface area contributed by atoms with Gasteiger partial charge in [-0.3, -0.25) is 9.59 Å². The van der Waals surface area contributed by atoms with Crippen molar-refractivity contribution in [3.05, 3.63) is 64.4 Å². The van der Waals surface area contributed by atoms with Gasteiger partial charge in [0, 0.05) is 25.2 Å². The fourth-order valence-electron chi connectivity index (χ4n) is 2.28. The second-order valence-corrected chi connectivity index (χ2v) is 5.21. The van der Waals surface area contributed by atoms with Crippen molar-refractivity contribution in [2.45, 2.75) is 0 Å². The normalized spacial score (nSPS) is 10.6. The summed E-state index contributed by atoms with van der Waals surface area (Å²) in [5.41, 5.74) is 1.70. The van der Waals surface area contributed by atoms with Gasteiger partial charge < -0.3 is 9.88 Å². The minimum absolute atomic E-state index is 0.0926. The fourth-order valence-corrected chi connectivity index (χ4v) is 2.28. The maximum Gasteiger partial charge on any atom is 0.259 e. The number of H-pyrrole nitrogens is 1. The highest BCUT2D eigenvalue weighted by Gasteiger charge is 2.11. The molecule has 1 heterocycles. The molecule has 0 bridgehead atoms. The Bertz CT molecular complexity index is 913. The number of fused-ring (bicyclic) bond motifs is 1. The molecule has 0 saturated heterocycles. The van der Waals surface area contributed by atoms with Crippen LogP contribution in [-0.4, -0.2) is 34.9 Å². The summed E-state index contributed by atoms with van der Waals surface area (Å²) in [6, 6.07) is 14.2. The molecule has 0 saturated carbocycles. The molecular formula is C17H15N3O2. The van der Waals surface area contributed by atoms with Crippen molar-refractivity contribution in [2.24, 2.45) is 0 Å². The third-order valence-corrected chi connectivity index (χ3v) is 3.40. The van der Waals surface area contributed by atoms with Crippen LogP contribution in [0.4, 0.5) is 0 Å². The van der Waals surface area contributed by atoms with E-state index in [1.807, 2.05) is 12.1 Å². The Hall–Kier alpha value is -2.95. The molecule has 0 fully saturated rings. The predicted molar refractivity (Wildman–Crippen MR) is 85.8 cm³/mol. The molecule has 0 spiro atoms. The summed E-state index contributed by atoms with van der Waals surface area (Å²) in [4.78, 5) is 32.9. The zero-order valence-corrected chi connectivity index (χ0v) is 12.3. The average Bonchev–Trinajstić information content (AvgIpc) is 2.54. The highest BCUT2D eigenvalue weighted by atomic mass is 16.2. The van der Waals surface area contributed by atoms with Gasteiger partial charge in [-0.2, -0.15) is 0 Å². The number of aromatic amines is 1. The lowest BCUT2D eigenvalue weighted by molar-refractivity contribution is 0.0827. The van der Waals surface area contributed by atoms with Gasteiger partial charge in [-0.05, 0) is 24.3 Å². The molecule has 0 atom stereocenters. The maximum atomic E-state index is 12.1. The highest BCUT2D eigenvalue weighted by molar-refractivity contribution is 5.95. The smallest absolute Gasteiger partial charge is 0.259 e. The number of benzene rings is 2. The Kier molecular flexibility index (Phi) is 3.47. The highest BCUT2D eigenvalue weighted by Crippen LogP contribution is 2.18. The van der Waals surface area contributed by atoms with E-state index < -0.39 is 0 Å². The maximum absolute atomic E-state index is 12.1. The first-order valence-electron chi connectivity index (χ1n) is 6.87. The predicted octanol–water partition coefficient (Wildman–Crippen LogP) is 2.29. The van der Waals surface area contributed by atoms with E-state index in [4.69, 9.17) is 0 Å². The van der Waals surface area contributed by atoms with Gasteiger partial charge >= 0.3 is 0 Å². The molecule has 2 aromatic carbocycles. The van der Waals surface area contributed by atoms with Gasteiger partial charge in [0.2, 0.25) is 0 Å². The molecule has 1 N–H and O–H groups in total. The molecule has 0 unspecified atom stereocenters. The molecule has 5 heteroatoms. The molecule has 0 aliphatic heterocycles. The van der Waals surface area contributed by atoms with Gasteiger partial charge in [0.15, 0.2) is 0 Å². The lowest BCUT2D eigenvalue weighted by atomic mass is 10.1. The first kappa shape index (κ1) is 14.0. The summed E-state index contributed by atoms with van der Waals surface area (Å²) in [5, 5.41) is 0.548. The number of aromatic nitrogens is 2. The van der Waals surface area contributed by atoms with Crippen molar-refractivity contribution in [2.75, 3.05) is 14.1 Å². The molecule has 0 radical (unpaired) electrons. The van der Waals surface area contributed by atoms with Crippen LogP contribution < -0.4 is 5.56 Å². The Morgan fingerprint density at radius 1 is 1.09 bits per heavy atom. The Labute approximate surface area is 127 Å². The van der Waals surface area contributed by atoms with E-state index in [0.29, 0.717) is 27.9 Å². The lowest BCUT2D eigenvalue weighted by Gasteiger charge is -2.11. The number of rotatable bonds is 2. The van der Waals surface area contributed by atoms with Gasteiger partial charge in [-0.15, -0.1) is 0 Å². The summed E-state index contributed by atoms with van der Waals surface area (Å²) in [6.07, 6.45) is 0. The van der Waals surface area contributed by atoms with Crippen molar-refractivity contribution in [1.82, 2.24) is 14.9 Å². The molecule has 0 aliphatic carbocycles. The number of nitrogens with zero attached hydrogens (tertiary/aromatic N) is 2. The third kappa shape index (κ3) is 2.48. The van der Waals surface area contributed by atoms with Crippen LogP contribution in [0.25, 0.3) is 22.3 Å². The van der Waals surface area contributed by atoms with Crippen molar-refractivity contribution < 1.29 is 4.79 Å². The SMILES string of the molecule is CN(C)C(=O)c1cccc(-c2nc3ccccc3c(=O)[nH]2)c1. The third-order valence-electron chi connectivity index (χ3n) is 3.40. The molecule has 110 valence electrons. The molecule has 0 aliphatic rings. The second kappa shape index (κ2) is 5.44. The van der Waals surface area contributed by atoms with E-state index in [2.05, 4.69) is 9.97 Å². The van der Waals surface area contributed by atoms with Gasteiger partial charge in [0.1, 0.15) is 5.82 Å². The Morgan fingerprint density at radius 3 is 2.64 bits per heavy atom. The first-order chi connectivity index (χ1) is 10.6. The van der Waals surface area contributed by atoms with Crippen molar-refractivity contribution in [3.8, 4) is 11.4 Å². The standard InChI is InChI=1S/C17H15N3O2/c1-20(2)17(22)12-7-5-6-11(10-12)15-18-14-9-4-3-8-13(14)16(21)19-15/h3-10H,1-2H3,(H,18,19,21). The second-order valence-electron chi connectivity index (χ2n) is 5.21. The van der Waals surface area contributed by atoms with Gasteiger partial charge in [0.05, 0.1) is 10.9 Å². The first-order valence-corrected chi connectivity index (χ1v) is 6.87. The number of carbonyl (C=O) groups excluding carboxylic acids is 1. The van der Waals surface area contributed by atoms with E-state index in [1.165, 1.54) is 4.90 Å². The molecule has 5 nitrogen and oxygen atoms in total. The number of hydrogen-bond acceptors (Lipinski definition) is 3. The van der Waals surface area contributed by atoms with Gasteiger partial charge in [-0.1, -0.05) is 24.3 Å². The average molecular weight is 293 g/mol. The molecule has 22 heavy (non-hydrogen) atoms. The van der Waals surface area contributed by atoms with Crippen LogP contribution in [0.5, 0.6) is 0 Å². The molecular weight excluding hydrogens is 278 g/mol. The van der Waals surface area contributed by atoms with Crippen LogP contribution in [0, 0.1) is 0 Å². The van der Waals surface area contributed by atoms with Gasteiger partial charge in [-0.25, -0.2) is 4.98 Å². The summed E-state index contributed by atoms with van der Waals surface area (Å²) in [5.74, 6) is 0.363. The summed E-state index contributed by atoms with van der Waals surface area (Å²) < 4.78 is 0. The van der Waals surface area contributed by atoms with E-state index in [0.717, 1.165) is 0 Å². The monoisotopic (exact) mass is 293 g/mol. The molecule has 1 aromatic heterocycles. The number of hydrogen-bond donors (Lipinski definition) is 1. The van der Waals surface area contributed by atoms with E-state index in [9.17, 15) is 9.59 Å². The van der Waals surface area contributed by atoms with E-state index in [1.54, 1.807) is 50.5 Å². The summed E-state index contributed by atoms with van der Waals surface area (Å²) in [7, 11) is 3.40. The minimum atomic E-state index is -0.190. The topological polar surface area (TPSA) is 66.1 Å². The fraction of sp³-hybridized carbons (Fsp3) is 0.118. The number of carbonyl (C=O) groups is 1.